The predicted molar refractivity (Wildman–Crippen MR) is 93.5 cm³/mol. The van der Waals surface area contributed by atoms with E-state index in [9.17, 15) is 4.79 Å². The highest BCUT2D eigenvalue weighted by Crippen LogP contribution is 2.27. The molecule has 1 saturated carbocycles. The standard InChI is InChI=1S/C19H29N3O2/c23-19(18-4-1-2-5-18)22(16-17-6-8-20-9-7-17)11-3-10-21-12-14-24-15-13-21/h6-9,18H,1-5,10-16H2. The van der Waals surface area contributed by atoms with Crippen LogP contribution in [0.2, 0.25) is 0 Å². The molecule has 132 valence electrons. The number of aromatic nitrogens is 1. The largest absolute Gasteiger partial charge is 0.379 e. The summed E-state index contributed by atoms with van der Waals surface area (Å²) in [5, 5.41) is 0. The monoisotopic (exact) mass is 331 g/mol. The second-order valence-electron chi connectivity index (χ2n) is 6.90. The number of hydrogen-bond acceptors (Lipinski definition) is 4. The van der Waals surface area contributed by atoms with Crippen LogP contribution in [0.5, 0.6) is 0 Å². The van der Waals surface area contributed by atoms with Gasteiger partial charge in [0.25, 0.3) is 0 Å². The van der Waals surface area contributed by atoms with Crippen LogP contribution in [0.3, 0.4) is 0 Å². The van der Waals surface area contributed by atoms with Gasteiger partial charge in [0.05, 0.1) is 13.2 Å². The summed E-state index contributed by atoms with van der Waals surface area (Å²) >= 11 is 0. The van der Waals surface area contributed by atoms with E-state index in [0.29, 0.717) is 12.5 Å². The van der Waals surface area contributed by atoms with Crippen molar-refractivity contribution in [2.75, 3.05) is 39.4 Å². The van der Waals surface area contributed by atoms with Crippen molar-refractivity contribution in [3.05, 3.63) is 30.1 Å². The van der Waals surface area contributed by atoms with Crippen molar-refractivity contribution in [3.8, 4) is 0 Å². The van der Waals surface area contributed by atoms with E-state index in [0.717, 1.165) is 58.7 Å². The third kappa shape index (κ3) is 5.02. The highest BCUT2D eigenvalue weighted by Gasteiger charge is 2.27. The lowest BCUT2D eigenvalue weighted by Gasteiger charge is -2.29. The molecule has 3 rings (SSSR count). The van der Waals surface area contributed by atoms with Crippen molar-refractivity contribution in [1.82, 2.24) is 14.8 Å². The highest BCUT2D eigenvalue weighted by atomic mass is 16.5. The number of carbonyl (C=O) groups is 1. The topological polar surface area (TPSA) is 45.7 Å². The third-order valence-electron chi connectivity index (χ3n) is 5.14. The van der Waals surface area contributed by atoms with E-state index in [1.54, 1.807) is 12.4 Å². The Bertz CT molecular complexity index is 497. The van der Waals surface area contributed by atoms with Crippen LogP contribution in [-0.4, -0.2) is 60.1 Å². The van der Waals surface area contributed by atoms with Gasteiger partial charge in [-0.1, -0.05) is 12.8 Å². The number of hydrogen-bond donors (Lipinski definition) is 0. The van der Waals surface area contributed by atoms with Gasteiger partial charge >= 0.3 is 0 Å². The average molecular weight is 331 g/mol. The number of carbonyl (C=O) groups excluding carboxylic acids is 1. The van der Waals surface area contributed by atoms with Crippen molar-refractivity contribution in [1.29, 1.82) is 0 Å². The van der Waals surface area contributed by atoms with E-state index in [-0.39, 0.29) is 5.92 Å². The first kappa shape index (κ1) is 17.4. The summed E-state index contributed by atoms with van der Waals surface area (Å²) in [6.45, 7) is 6.30. The smallest absolute Gasteiger partial charge is 0.225 e. The van der Waals surface area contributed by atoms with Gasteiger partial charge in [0, 0.05) is 51.0 Å². The van der Waals surface area contributed by atoms with Crippen molar-refractivity contribution in [2.24, 2.45) is 5.92 Å². The lowest BCUT2D eigenvalue weighted by atomic mass is 10.1. The number of amides is 1. The molecule has 1 saturated heterocycles. The lowest BCUT2D eigenvalue weighted by molar-refractivity contribution is -0.136. The van der Waals surface area contributed by atoms with E-state index in [2.05, 4.69) is 14.8 Å². The van der Waals surface area contributed by atoms with Gasteiger partial charge in [0.15, 0.2) is 0 Å². The molecule has 0 bridgehead atoms. The summed E-state index contributed by atoms with van der Waals surface area (Å²) in [5.41, 5.74) is 1.17. The Kier molecular flexibility index (Phi) is 6.61. The van der Waals surface area contributed by atoms with Crippen LogP contribution in [0.1, 0.15) is 37.7 Å². The Labute approximate surface area is 145 Å². The minimum Gasteiger partial charge on any atom is -0.379 e. The summed E-state index contributed by atoms with van der Waals surface area (Å²) in [4.78, 5) is 21.5. The van der Waals surface area contributed by atoms with Crippen molar-refractivity contribution in [3.63, 3.8) is 0 Å². The Morgan fingerprint density at radius 1 is 1.21 bits per heavy atom. The fourth-order valence-electron chi connectivity index (χ4n) is 3.72. The zero-order valence-corrected chi connectivity index (χ0v) is 14.5. The molecule has 0 atom stereocenters. The molecule has 1 aromatic rings. The molecule has 1 amide bonds. The van der Waals surface area contributed by atoms with Crippen LogP contribution >= 0.6 is 0 Å². The molecule has 1 aliphatic carbocycles. The lowest BCUT2D eigenvalue weighted by Crippen LogP contribution is -2.40. The average Bonchev–Trinajstić information content (AvgIpc) is 3.17. The number of rotatable bonds is 7. The summed E-state index contributed by atoms with van der Waals surface area (Å²) in [5.74, 6) is 0.599. The molecule has 1 aromatic heterocycles. The van der Waals surface area contributed by atoms with Crippen LogP contribution in [0.4, 0.5) is 0 Å². The number of ether oxygens (including phenoxy) is 1. The van der Waals surface area contributed by atoms with Crippen LogP contribution < -0.4 is 0 Å². The molecule has 1 aliphatic heterocycles. The van der Waals surface area contributed by atoms with Gasteiger partial charge in [0.2, 0.25) is 5.91 Å². The Morgan fingerprint density at radius 2 is 1.92 bits per heavy atom. The summed E-state index contributed by atoms with van der Waals surface area (Å²) in [7, 11) is 0. The maximum Gasteiger partial charge on any atom is 0.225 e. The van der Waals surface area contributed by atoms with Gasteiger partial charge in [-0.3, -0.25) is 14.7 Å². The molecular weight excluding hydrogens is 302 g/mol. The summed E-state index contributed by atoms with van der Waals surface area (Å²) in [6.07, 6.45) is 9.18. The number of pyridine rings is 1. The van der Waals surface area contributed by atoms with E-state index < -0.39 is 0 Å². The molecule has 0 radical (unpaired) electrons. The van der Waals surface area contributed by atoms with Gasteiger partial charge in [-0.2, -0.15) is 0 Å². The highest BCUT2D eigenvalue weighted by molar-refractivity contribution is 5.79. The minimum absolute atomic E-state index is 0.246. The van der Waals surface area contributed by atoms with Gasteiger partial charge in [-0.05, 0) is 37.0 Å². The molecule has 2 heterocycles. The Balaban J connectivity index is 1.54. The molecule has 0 aromatic carbocycles. The second kappa shape index (κ2) is 9.14. The molecule has 0 unspecified atom stereocenters. The predicted octanol–water partition coefficient (Wildman–Crippen LogP) is 2.32. The second-order valence-corrected chi connectivity index (χ2v) is 6.90. The molecule has 5 heteroatoms. The summed E-state index contributed by atoms with van der Waals surface area (Å²) in [6, 6.07) is 4.02. The molecule has 2 fully saturated rings. The fourth-order valence-corrected chi connectivity index (χ4v) is 3.72. The van der Waals surface area contributed by atoms with Crippen LogP contribution in [0, 0.1) is 5.92 Å². The van der Waals surface area contributed by atoms with E-state index >= 15 is 0 Å². The number of morpholine rings is 1. The molecular formula is C19H29N3O2. The van der Waals surface area contributed by atoms with Gasteiger partial charge in [-0.25, -0.2) is 0 Å². The molecule has 0 spiro atoms. The molecule has 24 heavy (non-hydrogen) atoms. The molecule has 5 nitrogen and oxygen atoms in total. The van der Waals surface area contributed by atoms with Gasteiger partial charge < -0.3 is 9.64 Å². The van der Waals surface area contributed by atoms with Gasteiger partial charge in [-0.15, -0.1) is 0 Å². The SMILES string of the molecule is O=C(C1CCCC1)N(CCCN1CCOCC1)Cc1ccncc1. The maximum absolute atomic E-state index is 12.9. The van der Waals surface area contributed by atoms with Crippen molar-refractivity contribution in [2.45, 2.75) is 38.6 Å². The molecule has 2 aliphatic rings. The quantitative estimate of drug-likeness (QED) is 0.769. The van der Waals surface area contributed by atoms with Gasteiger partial charge in [0.1, 0.15) is 0 Å². The van der Waals surface area contributed by atoms with Crippen LogP contribution in [-0.2, 0) is 16.1 Å². The molecule has 0 N–H and O–H groups in total. The first-order valence-corrected chi connectivity index (χ1v) is 9.31. The van der Waals surface area contributed by atoms with Crippen molar-refractivity contribution >= 4 is 5.91 Å². The first-order valence-electron chi connectivity index (χ1n) is 9.31. The van der Waals surface area contributed by atoms with E-state index in [1.807, 2.05) is 12.1 Å². The number of nitrogens with zero attached hydrogens (tertiary/aromatic N) is 3. The fraction of sp³-hybridized carbons (Fsp3) is 0.684. The third-order valence-corrected chi connectivity index (χ3v) is 5.14. The van der Waals surface area contributed by atoms with E-state index in [4.69, 9.17) is 4.74 Å². The van der Waals surface area contributed by atoms with Crippen LogP contribution in [0.25, 0.3) is 0 Å². The zero-order valence-electron chi connectivity index (χ0n) is 14.5. The zero-order chi connectivity index (χ0) is 16.6. The first-order chi connectivity index (χ1) is 11.8. The van der Waals surface area contributed by atoms with E-state index in [1.165, 1.54) is 18.4 Å². The Morgan fingerprint density at radius 3 is 2.62 bits per heavy atom. The van der Waals surface area contributed by atoms with Crippen molar-refractivity contribution < 1.29 is 9.53 Å². The van der Waals surface area contributed by atoms with Crippen LogP contribution in [0.15, 0.2) is 24.5 Å². The Hall–Kier alpha value is -1.46. The minimum atomic E-state index is 0.246. The summed E-state index contributed by atoms with van der Waals surface area (Å²) < 4.78 is 5.40. The maximum atomic E-state index is 12.9. The normalized spacial score (nSPS) is 19.5.